The molecule has 0 radical (unpaired) electrons. The maximum Gasteiger partial charge on any atom is 0.338 e. The summed E-state index contributed by atoms with van der Waals surface area (Å²) in [6, 6.07) is 6.20. The number of nitrogens with one attached hydrogen (secondary N) is 2. The average Bonchev–Trinajstić information content (AvgIpc) is 3.03. The molecule has 3 rings (SSSR count). The van der Waals surface area contributed by atoms with E-state index < -0.39 is 24.4 Å². The van der Waals surface area contributed by atoms with Crippen molar-refractivity contribution in [1.29, 1.82) is 0 Å². The molecule has 9 heteroatoms. The summed E-state index contributed by atoms with van der Waals surface area (Å²) in [4.78, 5) is 48.5. The number of fused-ring (bicyclic) bond motifs is 1. The highest BCUT2D eigenvalue weighted by molar-refractivity contribution is 7.17. The standard InChI is InChI=1S/C20H21N3O5S/c1-11(24)22-13-6-4-5-12(9-13)20(27)28-10-16(25)23-19-17(18(21)26)14-7-2-3-8-15(14)29-19/h4-6,9H,2-3,7-8,10H2,1H3,(H2,21,26)(H,22,24)(H,23,25). The van der Waals surface area contributed by atoms with Crippen molar-refractivity contribution in [2.24, 2.45) is 5.73 Å². The van der Waals surface area contributed by atoms with Gasteiger partial charge in [0, 0.05) is 17.5 Å². The monoisotopic (exact) mass is 415 g/mol. The molecule has 0 unspecified atom stereocenters. The SMILES string of the molecule is CC(=O)Nc1cccc(C(=O)OCC(=O)Nc2sc3c(c2C(N)=O)CCCC3)c1. The Hall–Kier alpha value is -3.20. The third kappa shape index (κ3) is 5.00. The largest absolute Gasteiger partial charge is 0.452 e. The lowest BCUT2D eigenvalue weighted by atomic mass is 9.95. The van der Waals surface area contributed by atoms with E-state index in [4.69, 9.17) is 10.5 Å². The van der Waals surface area contributed by atoms with Gasteiger partial charge in [0.2, 0.25) is 5.91 Å². The Morgan fingerprint density at radius 1 is 1.14 bits per heavy atom. The number of anilines is 2. The number of esters is 1. The van der Waals surface area contributed by atoms with Crippen LogP contribution in [0.15, 0.2) is 24.3 Å². The van der Waals surface area contributed by atoms with Crippen molar-refractivity contribution in [2.75, 3.05) is 17.2 Å². The number of hydrogen-bond donors (Lipinski definition) is 3. The van der Waals surface area contributed by atoms with Crippen molar-refractivity contribution < 1.29 is 23.9 Å². The number of hydrogen-bond acceptors (Lipinski definition) is 6. The first-order valence-corrected chi connectivity index (χ1v) is 9.95. The molecular formula is C20H21N3O5S. The Balaban J connectivity index is 1.63. The Bertz CT molecular complexity index is 982. The van der Waals surface area contributed by atoms with E-state index in [9.17, 15) is 19.2 Å². The lowest BCUT2D eigenvalue weighted by molar-refractivity contribution is -0.119. The molecule has 1 aliphatic carbocycles. The number of carbonyl (C=O) groups excluding carboxylic acids is 4. The third-order valence-corrected chi connectivity index (χ3v) is 5.63. The second-order valence-corrected chi connectivity index (χ2v) is 7.77. The van der Waals surface area contributed by atoms with Crippen LogP contribution < -0.4 is 16.4 Å². The molecule has 1 aromatic carbocycles. The number of thiophene rings is 1. The first-order chi connectivity index (χ1) is 13.8. The van der Waals surface area contributed by atoms with Gasteiger partial charge in [0.25, 0.3) is 11.8 Å². The van der Waals surface area contributed by atoms with Gasteiger partial charge in [0.1, 0.15) is 5.00 Å². The fraction of sp³-hybridized carbons (Fsp3) is 0.300. The number of amides is 3. The van der Waals surface area contributed by atoms with E-state index in [0.717, 1.165) is 36.1 Å². The third-order valence-electron chi connectivity index (χ3n) is 4.42. The van der Waals surface area contributed by atoms with Crippen molar-refractivity contribution >= 4 is 45.7 Å². The molecular weight excluding hydrogens is 394 g/mol. The highest BCUT2D eigenvalue weighted by Crippen LogP contribution is 2.37. The van der Waals surface area contributed by atoms with Crippen molar-refractivity contribution in [3.05, 3.63) is 45.8 Å². The Morgan fingerprint density at radius 2 is 1.90 bits per heavy atom. The first-order valence-electron chi connectivity index (χ1n) is 9.14. The van der Waals surface area contributed by atoms with E-state index >= 15 is 0 Å². The molecule has 0 spiro atoms. The van der Waals surface area contributed by atoms with E-state index in [1.807, 2.05) is 0 Å². The van der Waals surface area contributed by atoms with Gasteiger partial charge in [-0.25, -0.2) is 4.79 Å². The molecule has 0 bridgehead atoms. The number of aryl methyl sites for hydroxylation is 1. The summed E-state index contributed by atoms with van der Waals surface area (Å²) in [5, 5.41) is 5.61. The lowest BCUT2D eigenvalue weighted by Gasteiger charge is -2.11. The van der Waals surface area contributed by atoms with Crippen LogP contribution in [-0.2, 0) is 27.2 Å². The van der Waals surface area contributed by atoms with E-state index in [1.54, 1.807) is 12.1 Å². The predicted molar refractivity (Wildman–Crippen MR) is 109 cm³/mol. The molecule has 29 heavy (non-hydrogen) atoms. The summed E-state index contributed by atoms with van der Waals surface area (Å²) in [5.41, 5.74) is 7.43. The Morgan fingerprint density at radius 3 is 2.62 bits per heavy atom. The quantitative estimate of drug-likeness (QED) is 0.625. The van der Waals surface area contributed by atoms with Crippen LogP contribution in [0.1, 0.15) is 50.9 Å². The molecule has 152 valence electrons. The smallest absolute Gasteiger partial charge is 0.338 e. The van der Waals surface area contributed by atoms with Gasteiger partial charge < -0.3 is 21.1 Å². The summed E-state index contributed by atoms with van der Waals surface area (Å²) >= 11 is 1.34. The van der Waals surface area contributed by atoms with Crippen LogP contribution in [-0.4, -0.2) is 30.3 Å². The number of benzene rings is 1. The highest BCUT2D eigenvalue weighted by Gasteiger charge is 2.25. The zero-order valence-electron chi connectivity index (χ0n) is 15.9. The van der Waals surface area contributed by atoms with E-state index in [1.165, 1.54) is 30.4 Å². The minimum Gasteiger partial charge on any atom is -0.452 e. The molecule has 8 nitrogen and oxygen atoms in total. The molecule has 0 fully saturated rings. The van der Waals surface area contributed by atoms with Gasteiger partial charge in [0.05, 0.1) is 11.1 Å². The maximum atomic E-state index is 12.3. The van der Waals surface area contributed by atoms with E-state index in [-0.39, 0.29) is 11.5 Å². The van der Waals surface area contributed by atoms with Crippen molar-refractivity contribution in [2.45, 2.75) is 32.6 Å². The average molecular weight is 415 g/mol. The van der Waals surface area contributed by atoms with Crippen LogP contribution in [0, 0.1) is 0 Å². The lowest BCUT2D eigenvalue weighted by Crippen LogP contribution is -2.23. The molecule has 3 amide bonds. The first kappa shape index (κ1) is 20.5. The summed E-state index contributed by atoms with van der Waals surface area (Å²) < 4.78 is 5.05. The van der Waals surface area contributed by atoms with Gasteiger partial charge >= 0.3 is 5.97 Å². The minimum absolute atomic E-state index is 0.202. The molecule has 0 saturated heterocycles. The number of carbonyl (C=O) groups is 4. The minimum atomic E-state index is -0.701. The summed E-state index contributed by atoms with van der Waals surface area (Å²) in [6.45, 7) is 0.849. The van der Waals surface area contributed by atoms with Gasteiger partial charge in [-0.15, -0.1) is 11.3 Å². The molecule has 4 N–H and O–H groups in total. The highest BCUT2D eigenvalue weighted by atomic mass is 32.1. The predicted octanol–water partition coefficient (Wildman–Crippen LogP) is 2.48. The molecule has 0 aliphatic heterocycles. The van der Waals surface area contributed by atoms with Crippen molar-refractivity contribution in [3.63, 3.8) is 0 Å². The van der Waals surface area contributed by atoms with Gasteiger partial charge in [-0.1, -0.05) is 6.07 Å². The van der Waals surface area contributed by atoms with Crippen LogP contribution in [0.2, 0.25) is 0 Å². The van der Waals surface area contributed by atoms with Crippen LogP contribution in [0.5, 0.6) is 0 Å². The normalized spacial score (nSPS) is 12.6. The fourth-order valence-electron chi connectivity index (χ4n) is 3.22. The molecule has 1 aromatic heterocycles. The zero-order chi connectivity index (χ0) is 21.0. The number of primary amides is 1. The number of nitrogens with two attached hydrogens (primary N) is 1. The summed E-state index contributed by atoms with van der Waals surface area (Å²) in [5.74, 6) is -2.10. The van der Waals surface area contributed by atoms with Crippen LogP contribution in [0.3, 0.4) is 0 Å². The van der Waals surface area contributed by atoms with Crippen molar-refractivity contribution in [3.8, 4) is 0 Å². The molecule has 2 aromatic rings. The van der Waals surface area contributed by atoms with Crippen LogP contribution in [0.25, 0.3) is 0 Å². The topological polar surface area (TPSA) is 128 Å². The summed E-state index contributed by atoms with van der Waals surface area (Å²) in [6.07, 6.45) is 3.64. The molecule has 1 heterocycles. The van der Waals surface area contributed by atoms with Gasteiger partial charge in [-0.3, -0.25) is 14.4 Å². The Labute approximate surface area is 171 Å². The number of ether oxygens (including phenoxy) is 1. The van der Waals surface area contributed by atoms with E-state index in [2.05, 4.69) is 10.6 Å². The number of rotatable bonds is 6. The Kier molecular flexibility index (Phi) is 6.28. The molecule has 0 saturated carbocycles. The maximum absolute atomic E-state index is 12.3. The summed E-state index contributed by atoms with van der Waals surface area (Å²) in [7, 11) is 0. The van der Waals surface area contributed by atoms with Gasteiger partial charge in [-0.2, -0.15) is 0 Å². The second-order valence-electron chi connectivity index (χ2n) is 6.67. The molecule has 1 aliphatic rings. The second kappa shape index (κ2) is 8.87. The zero-order valence-corrected chi connectivity index (χ0v) is 16.7. The fourth-order valence-corrected chi connectivity index (χ4v) is 4.53. The van der Waals surface area contributed by atoms with Crippen molar-refractivity contribution in [1.82, 2.24) is 0 Å². The van der Waals surface area contributed by atoms with Crippen LogP contribution >= 0.6 is 11.3 Å². The molecule has 0 atom stereocenters. The van der Waals surface area contributed by atoms with Gasteiger partial charge in [0.15, 0.2) is 6.61 Å². The van der Waals surface area contributed by atoms with Crippen LogP contribution in [0.4, 0.5) is 10.7 Å². The van der Waals surface area contributed by atoms with Gasteiger partial charge in [-0.05, 0) is 49.4 Å². The van der Waals surface area contributed by atoms with E-state index in [0.29, 0.717) is 16.3 Å².